The van der Waals surface area contributed by atoms with Crippen molar-refractivity contribution in [3.8, 4) is 11.1 Å². The van der Waals surface area contributed by atoms with Crippen molar-refractivity contribution in [1.82, 2.24) is 24.6 Å². The molecule has 0 atom stereocenters. The topological polar surface area (TPSA) is 62.5 Å². The lowest BCUT2D eigenvalue weighted by Crippen LogP contribution is -2.47. The summed E-state index contributed by atoms with van der Waals surface area (Å²) in [7, 11) is 0. The van der Waals surface area contributed by atoms with Crippen molar-refractivity contribution in [2.75, 3.05) is 36.0 Å². The summed E-state index contributed by atoms with van der Waals surface area (Å²) in [6, 6.07) is 12.0. The molecule has 0 bridgehead atoms. The monoisotopic (exact) mass is 447 g/mol. The van der Waals surface area contributed by atoms with E-state index >= 15 is 0 Å². The Labute approximate surface area is 192 Å². The normalized spacial score (nSPS) is 14.4. The maximum Gasteiger partial charge on any atom is 0.225 e. The fraction of sp³-hybridized carbons (Fsp3) is 0.333. The number of aryl methyl sites for hydroxylation is 4. The highest BCUT2D eigenvalue weighted by Crippen LogP contribution is 2.34. The molecule has 0 saturated carbocycles. The Morgan fingerprint density at radius 3 is 2.09 bits per heavy atom. The van der Waals surface area contributed by atoms with Crippen LogP contribution < -0.4 is 9.80 Å². The molecule has 1 aromatic carbocycles. The predicted octanol–water partition coefficient (Wildman–Crippen LogP) is 4.40. The Balaban J connectivity index is 1.49. The molecule has 5 rings (SSSR count). The molecule has 7 nitrogen and oxygen atoms in total. The van der Waals surface area contributed by atoms with Gasteiger partial charge in [-0.3, -0.25) is 0 Å². The second kappa shape index (κ2) is 8.06. The average Bonchev–Trinajstić information content (AvgIpc) is 3.08. The summed E-state index contributed by atoms with van der Waals surface area (Å²) >= 11 is 6.52. The van der Waals surface area contributed by atoms with Crippen LogP contribution in [0.15, 0.2) is 36.4 Å². The van der Waals surface area contributed by atoms with Gasteiger partial charge in [-0.15, -0.1) is 0 Å². The number of piperazine rings is 1. The molecule has 4 aromatic rings. The molecular formula is C24H26ClN7. The standard InChI is InChI=1S/C24H26ClN7/c1-15-13-16(2)28-24(27-15)31-11-9-30(10-12-31)21-14-17(3)26-23-22(18(4)29-32(21)23)19-7-5-6-8-20(19)25/h5-8,13-14H,9-12H2,1-4H3. The van der Waals surface area contributed by atoms with E-state index in [1.54, 1.807) is 0 Å². The SMILES string of the molecule is Cc1cc(C)nc(N2CCN(c3cc(C)nc4c(-c5ccccc5Cl)c(C)nn34)CC2)n1. The zero-order valence-corrected chi connectivity index (χ0v) is 19.6. The molecule has 32 heavy (non-hydrogen) atoms. The molecule has 0 amide bonds. The first kappa shape index (κ1) is 20.7. The number of rotatable bonds is 3. The molecule has 1 saturated heterocycles. The minimum atomic E-state index is 0.706. The maximum atomic E-state index is 6.52. The van der Waals surface area contributed by atoms with Crippen molar-refractivity contribution in [3.63, 3.8) is 0 Å². The lowest BCUT2D eigenvalue weighted by molar-refractivity contribution is 0.625. The van der Waals surface area contributed by atoms with E-state index in [1.165, 1.54) is 0 Å². The van der Waals surface area contributed by atoms with E-state index < -0.39 is 0 Å². The molecule has 1 fully saturated rings. The molecule has 0 radical (unpaired) electrons. The largest absolute Gasteiger partial charge is 0.353 e. The molecule has 1 aliphatic rings. The van der Waals surface area contributed by atoms with E-state index in [2.05, 4.69) is 25.8 Å². The second-order valence-electron chi connectivity index (χ2n) is 8.36. The van der Waals surface area contributed by atoms with Crippen molar-refractivity contribution in [2.24, 2.45) is 0 Å². The van der Waals surface area contributed by atoms with Crippen molar-refractivity contribution in [1.29, 1.82) is 0 Å². The Morgan fingerprint density at radius 2 is 1.41 bits per heavy atom. The van der Waals surface area contributed by atoms with Crippen LogP contribution in [-0.4, -0.2) is 50.7 Å². The van der Waals surface area contributed by atoms with Gasteiger partial charge in [-0.05, 0) is 39.8 Å². The van der Waals surface area contributed by atoms with Gasteiger partial charge < -0.3 is 9.80 Å². The lowest BCUT2D eigenvalue weighted by atomic mass is 10.1. The van der Waals surface area contributed by atoms with E-state index in [-0.39, 0.29) is 0 Å². The van der Waals surface area contributed by atoms with Gasteiger partial charge in [0, 0.05) is 59.9 Å². The summed E-state index contributed by atoms with van der Waals surface area (Å²) in [5.74, 6) is 1.86. The molecule has 0 spiro atoms. The fourth-order valence-electron chi connectivity index (χ4n) is 4.41. The fourth-order valence-corrected chi connectivity index (χ4v) is 4.64. The number of aromatic nitrogens is 5. The Bertz CT molecular complexity index is 1290. The van der Waals surface area contributed by atoms with Crippen LogP contribution in [0.1, 0.15) is 22.8 Å². The van der Waals surface area contributed by atoms with Gasteiger partial charge in [-0.1, -0.05) is 29.8 Å². The Morgan fingerprint density at radius 1 is 0.781 bits per heavy atom. The maximum absolute atomic E-state index is 6.52. The molecule has 4 heterocycles. The van der Waals surface area contributed by atoms with Gasteiger partial charge in [0.15, 0.2) is 5.65 Å². The Kier molecular flexibility index (Phi) is 5.21. The molecule has 1 aliphatic heterocycles. The molecular weight excluding hydrogens is 422 g/mol. The molecule has 0 aliphatic carbocycles. The highest BCUT2D eigenvalue weighted by Gasteiger charge is 2.24. The summed E-state index contributed by atoms with van der Waals surface area (Å²) in [6.07, 6.45) is 0. The third kappa shape index (κ3) is 3.66. The summed E-state index contributed by atoms with van der Waals surface area (Å²) in [4.78, 5) is 18.7. The van der Waals surface area contributed by atoms with Crippen LogP contribution in [0.2, 0.25) is 5.02 Å². The van der Waals surface area contributed by atoms with Gasteiger partial charge >= 0.3 is 0 Å². The summed E-state index contributed by atoms with van der Waals surface area (Å²) in [5.41, 5.74) is 6.66. The first-order valence-electron chi connectivity index (χ1n) is 10.8. The number of benzene rings is 1. The van der Waals surface area contributed by atoms with E-state index in [0.717, 1.165) is 77.5 Å². The summed E-state index contributed by atoms with van der Waals surface area (Å²) < 4.78 is 1.96. The van der Waals surface area contributed by atoms with Crippen LogP contribution in [-0.2, 0) is 0 Å². The number of nitrogens with zero attached hydrogens (tertiary/aromatic N) is 7. The predicted molar refractivity (Wildman–Crippen MR) is 129 cm³/mol. The van der Waals surface area contributed by atoms with Crippen molar-refractivity contribution in [2.45, 2.75) is 27.7 Å². The smallest absolute Gasteiger partial charge is 0.225 e. The summed E-state index contributed by atoms with van der Waals surface area (Å²) in [5, 5.41) is 5.57. The van der Waals surface area contributed by atoms with Crippen molar-refractivity contribution in [3.05, 3.63) is 64.2 Å². The zero-order valence-electron chi connectivity index (χ0n) is 18.8. The van der Waals surface area contributed by atoms with Crippen LogP contribution >= 0.6 is 11.6 Å². The van der Waals surface area contributed by atoms with Crippen molar-refractivity contribution < 1.29 is 0 Å². The quantitative estimate of drug-likeness (QED) is 0.464. The van der Waals surface area contributed by atoms with Crippen molar-refractivity contribution >= 4 is 29.0 Å². The van der Waals surface area contributed by atoms with Crippen LogP contribution in [0, 0.1) is 27.7 Å². The number of fused-ring (bicyclic) bond motifs is 1. The molecule has 0 N–H and O–H groups in total. The van der Waals surface area contributed by atoms with Gasteiger partial charge in [0.05, 0.1) is 11.3 Å². The first-order chi connectivity index (χ1) is 15.4. The minimum Gasteiger partial charge on any atom is -0.353 e. The zero-order chi connectivity index (χ0) is 22.4. The summed E-state index contributed by atoms with van der Waals surface area (Å²) in [6.45, 7) is 11.5. The number of hydrogen-bond donors (Lipinski definition) is 0. The van der Waals surface area contributed by atoms with Gasteiger partial charge in [0.25, 0.3) is 0 Å². The lowest BCUT2D eigenvalue weighted by Gasteiger charge is -2.36. The number of anilines is 2. The Hall–Kier alpha value is -3.19. The molecule has 0 unspecified atom stereocenters. The molecule has 3 aromatic heterocycles. The first-order valence-corrected chi connectivity index (χ1v) is 11.2. The van der Waals surface area contributed by atoms with Crippen LogP contribution in [0.5, 0.6) is 0 Å². The molecule has 8 heteroatoms. The van der Waals surface area contributed by atoms with Gasteiger partial charge in [-0.2, -0.15) is 9.61 Å². The van der Waals surface area contributed by atoms with Gasteiger partial charge in [-0.25, -0.2) is 15.0 Å². The van der Waals surface area contributed by atoms with E-state index in [1.807, 2.05) is 62.5 Å². The van der Waals surface area contributed by atoms with E-state index in [4.69, 9.17) is 21.7 Å². The van der Waals surface area contributed by atoms with Crippen LogP contribution in [0.4, 0.5) is 11.8 Å². The van der Waals surface area contributed by atoms with Crippen LogP contribution in [0.25, 0.3) is 16.8 Å². The van der Waals surface area contributed by atoms with E-state index in [0.29, 0.717) is 5.02 Å². The number of hydrogen-bond acceptors (Lipinski definition) is 6. The molecule has 164 valence electrons. The van der Waals surface area contributed by atoms with Gasteiger partial charge in [0.1, 0.15) is 5.82 Å². The third-order valence-corrected chi connectivity index (χ3v) is 6.20. The third-order valence-electron chi connectivity index (χ3n) is 5.87. The number of halogens is 1. The van der Waals surface area contributed by atoms with Crippen LogP contribution in [0.3, 0.4) is 0 Å². The average molecular weight is 448 g/mol. The highest BCUT2D eigenvalue weighted by atomic mass is 35.5. The highest BCUT2D eigenvalue weighted by molar-refractivity contribution is 6.33. The van der Waals surface area contributed by atoms with E-state index in [9.17, 15) is 0 Å². The van der Waals surface area contributed by atoms with Gasteiger partial charge in [0.2, 0.25) is 5.95 Å². The minimum absolute atomic E-state index is 0.706. The second-order valence-corrected chi connectivity index (χ2v) is 8.76.